The Balaban J connectivity index is 3.10. The van der Waals surface area contributed by atoms with E-state index >= 15 is 0 Å². The van der Waals surface area contributed by atoms with Gasteiger partial charge in [0.25, 0.3) is 0 Å². The molecule has 0 amide bonds. The first kappa shape index (κ1) is 13.2. The Hall–Kier alpha value is -1.85. The van der Waals surface area contributed by atoms with E-state index in [-0.39, 0.29) is 0 Å². The molecule has 0 unspecified atom stereocenters. The van der Waals surface area contributed by atoms with Crippen molar-refractivity contribution in [2.45, 2.75) is 6.18 Å². The van der Waals surface area contributed by atoms with Gasteiger partial charge in [-0.15, -0.1) is 0 Å². The fourth-order valence-corrected chi connectivity index (χ4v) is 1.14. The van der Waals surface area contributed by atoms with Crippen molar-refractivity contribution in [2.24, 2.45) is 0 Å². The molecule has 92 valence electrons. The zero-order valence-electron chi connectivity index (χ0n) is 9.32. The number of ketones is 1. The molecule has 6 heteroatoms. The Kier molecular flexibility index (Phi) is 3.88. The highest BCUT2D eigenvalue weighted by atomic mass is 19.4. The summed E-state index contributed by atoms with van der Waals surface area (Å²) in [5, 5.41) is 0. The van der Waals surface area contributed by atoms with E-state index in [0.29, 0.717) is 0 Å². The highest BCUT2D eigenvalue weighted by molar-refractivity contribution is 6.05. The number of nitrogens with zero attached hydrogens (tertiary/aromatic N) is 2. The lowest BCUT2D eigenvalue weighted by atomic mass is 10.1. The SMILES string of the molecule is CN(C)C=CC(=O)c1cnccc1C(F)(F)F. The van der Waals surface area contributed by atoms with E-state index in [2.05, 4.69) is 4.98 Å². The highest BCUT2D eigenvalue weighted by Gasteiger charge is 2.34. The number of aromatic nitrogens is 1. The van der Waals surface area contributed by atoms with Crippen molar-refractivity contribution in [3.05, 3.63) is 41.9 Å². The minimum atomic E-state index is -4.56. The molecule has 0 aliphatic heterocycles. The van der Waals surface area contributed by atoms with Crippen LogP contribution >= 0.6 is 0 Å². The van der Waals surface area contributed by atoms with Gasteiger partial charge < -0.3 is 4.90 Å². The number of pyridine rings is 1. The van der Waals surface area contributed by atoms with E-state index in [9.17, 15) is 18.0 Å². The van der Waals surface area contributed by atoms with Gasteiger partial charge in [-0.05, 0) is 6.07 Å². The second kappa shape index (κ2) is 4.99. The van der Waals surface area contributed by atoms with Gasteiger partial charge in [0, 0.05) is 38.8 Å². The van der Waals surface area contributed by atoms with E-state index in [1.54, 1.807) is 19.0 Å². The molecule has 0 fully saturated rings. The molecule has 0 atom stereocenters. The predicted molar refractivity (Wildman–Crippen MR) is 56.4 cm³/mol. The molecule has 0 aliphatic rings. The van der Waals surface area contributed by atoms with Crippen LogP contribution in [0, 0.1) is 0 Å². The van der Waals surface area contributed by atoms with Crippen LogP contribution in [0.1, 0.15) is 15.9 Å². The summed E-state index contributed by atoms with van der Waals surface area (Å²) in [5.41, 5.74) is -1.42. The van der Waals surface area contributed by atoms with Gasteiger partial charge in [0.1, 0.15) is 0 Å². The first-order valence-electron chi connectivity index (χ1n) is 4.72. The van der Waals surface area contributed by atoms with Gasteiger partial charge in [-0.3, -0.25) is 9.78 Å². The maximum absolute atomic E-state index is 12.6. The van der Waals surface area contributed by atoms with Crippen molar-refractivity contribution >= 4 is 5.78 Å². The molecule has 0 aliphatic carbocycles. The van der Waals surface area contributed by atoms with Gasteiger partial charge in [-0.1, -0.05) is 0 Å². The van der Waals surface area contributed by atoms with Gasteiger partial charge in [0.2, 0.25) is 0 Å². The summed E-state index contributed by atoms with van der Waals surface area (Å²) in [6.45, 7) is 0. The summed E-state index contributed by atoms with van der Waals surface area (Å²) in [6.07, 6.45) is -0.165. The minimum absolute atomic E-state index is 0.446. The van der Waals surface area contributed by atoms with Crippen molar-refractivity contribution in [2.75, 3.05) is 14.1 Å². The summed E-state index contributed by atoms with van der Waals surface area (Å²) in [7, 11) is 3.33. The van der Waals surface area contributed by atoms with Crippen LogP contribution in [0.3, 0.4) is 0 Å². The summed E-state index contributed by atoms with van der Waals surface area (Å²) < 4.78 is 37.8. The quantitative estimate of drug-likeness (QED) is 0.604. The fourth-order valence-electron chi connectivity index (χ4n) is 1.14. The van der Waals surface area contributed by atoms with E-state index in [1.807, 2.05) is 0 Å². The lowest BCUT2D eigenvalue weighted by Crippen LogP contribution is -2.13. The summed E-state index contributed by atoms with van der Waals surface area (Å²) in [6, 6.07) is 0.788. The second-order valence-corrected chi connectivity index (χ2v) is 3.56. The molecule has 1 aromatic heterocycles. The van der Waals surface area contributed by atoms with Crippen molar-refractivity contribution in [3.63, 3.8) is 0 Å². The molecule has 0 aromatic carbocycles. The van der Waals surface area contributed by atoms with Crippen molar-refractivity contribution in [1.29, 1.82) is 0 Å². The molecule has 1 rings (SSSR count). The average Bonchev–Trinajstić information content (AvgIpc) is 2.24. The Morgan fingerprint density at radius 3 is 2.59 bits per heavy atom. The van der Waals surface area contributed by atoms with Crippen LogP contribution in [-0.2, 0) is 6.18 Å². The van der Waals surface area contributed by atoms with E-state index in [4.69, 9.17) is 0 Å². The molecule has 0 spiro atoms. The Morgan fingerprint density at radius 1 is 1.41 bits per heavy atom. The lowest BCUT2D eigenvalue weighted by Gasteiger charge is -2.10. The minimum Gasteiger partial charge on any atom is -0.383 e. The smallest absolute Gasteiger partial charge is 0.383 e. The number of hydrogen-bond donors (Lipinski definition) is 0. The van der Waals surface area contributed by atoms with Crippen LogP contribution in [-0.4, -0.2) is 29.8 Å². The number of rotatable bonds is 3. The van der Waals surface area contributed by atoms with Crippen LogP contribution in [0.2, 0.25) is 0 Å². The average molecular weight is 244 g/mol. The number of carbonyl (C=O) groups excluding carboxylic acids is 1. The Morgan fingerprint density at radius 2 is 2.06 bits per heavy atom. The zero-order chi connectivity index (χ0) is 13.1. The van der Waals surface area contributed by atoms with E-state index in [0.717, 1.165) is 24.5 Å². The summed E-state index contributed by atoms with van der Waals surface area (Å²) in [4.78, 5) is 16.7. The molecule has 1 aromatic rings. The standard InChI is InChI=1S/C11H11F3N2O/c1-16(2)6-4-10(17)8-7-15-5-3-9(8)11(12,13)14/h3-7H,1-2H3. The maximum Gasteiger partial charge on any atom is 0.417 e. The molecule has 3 nitrogen and oxygen atoms in total. The molecule has 0 saturated heterocycles. The number of carbonyl (C=O) groups is 1. The van der Waals surface area contributed by atoms with Gasteiger partial charge >= 0.3 is 6.18 Å². The van der Waals surface area contributed by atoms with Gasteiger partial charge in [0.15, 0.2) is 5.78 Å². The predicted octanol–water partition coefficient (Wildman–Crippen LogP) is 2.36. The monoisotopic (exact) mass is 244 g/mol. The number of hydrogen-bond acceptors (Lipinski definition) is 3. The van der Waals surface area contributed by atoms with Crippen LogP contribution in [0.15, 0.2) is 30.7 Å². The molecule has 1 heterocycles. The molecular weight excluding hydrogens is 233 g/mol. The van der Waals surface area contributed by atoms with Crippen LogP contribution in [0.5, 0.6) is 0 Å². The van der Waals surface area contributed by atoms with E-state index < -0.39 is 23.1 Å². The fraction of sp³-hybridized carbons (Fsp3) is 0.273. The molecule has 0 radical (unpaired) electrons. The topological polar surface area (TPSA) is 33.2 Å². The molecular formula is C11H11F3N2O. The molecule has 0 bridgehead atoms. The molecule has 0 saturated carbocycles. The van der Waals surface area contributed by atoms with Crippen molar-refractivity contribution in [3.8, 4) is 0 Å². The normalized spacial score (nSPS) is 11.8. The maximum atomic E-state index is 12.6. The third-order valence-corrected chi connectivity index (χ3v) is 1.92. The number of allylic oxidation sites excluding steroid dienone is 1. The van der Waals surface area contributed by atoms with Crippen molar-refractivity contribution < 1.29 is 18.0 Å². The largest absolute Gasteiger partial charge is 0.417 e. The van der Waals surface area contributed by atoms with Gasteiger partial charge in [-0.2, -0.15) is 13.2 Å². The third kappa shape index (κ3) is 3.58. The summed E-state index contributed by atoms with van der Waals surface area (Å²) >= 11 is 0. The second-order valence-electron chi connectivity index (χ2n) is 3.56. The van der Waals surface area contributed by atoms with Crippen LogP contribution in [0.4, 0.5) is 13.2 Å². The van der Waals surface area contributed by atoms with Crippen LogP contribution < -0.4 is 0 Å². The van der Waals surface area contributed by atoms with Gasteiger partial charge in [-0.25, -0.2) is 0 Å². The number of alkyl halides is 3. The first-order valence-corrected chi connectivity index (χ1v) is 4.72. The number of halogens is 3. The summed E-state index contributed by atoms with van der Waals surface area (Å²) in [5.74, 6) is -0.723. The third-order valence-electron chi connectivity index (χ3n) is 1.92. The van der Waals surface area contributed by atoms with Crippen molar-refractivity contribution in [1.82, 2.24) is 9.88 Å². The Labute approximate surface area is 96.6 Å². The molecule has 17 heavy (non-hydrogen) atoms. The first-order chi connectivity index (χ1) is 7.82. The van der Waals surface area contributed by atoms with E-state index in [1.165, 1.54) is 6.20 Å². The lowest BCUT2D eigenvalue weighted by molar-refractivity contribution is -0.137. The zero-order valence-corrected chi connectivity index (χ0v) is 9.32. The van der Waals surface area contributed by atoms with Crippen LogP contribution in [0.25, 0.3) is 0 Å². The highest BCUT2D eigenvalue weighted by Crippen LogP contribution is 2.31. The van der Waals surface area contributed by atoms with Gasteiger partial charge in [0.05, 0.1) is 11.1 Å². The molecule has 0 N–H and O–H groups in total. The Bertz CT molecular complexity index is 439.